The smallest absolute Gasteiger partial charge is 0.165 e. The summed E-state index contributed by atoms with van der Waals surface area (Å²) in [5, 5.41) is 4.18. The molecule has 1 aromatic heterocycles. The zero-order valence-electron chi connectivity index (χ0n) is 12.0. The van der Waals surface area contributed by atoms with Gasteiger partial charge in [-0.3, -0.25) is 0 Å². The molecule has 1 aromatic carbocycles. The molecule has 0 aliphatic carbocycles. The van der Waals surface area contributed by atoms with Crippen LogP contribution in [0.2, 0.25) is 0 Å². The summed E-state index contributed by atoms with van der Waals surface area (Å²) in [6.07, 6.45) is 1.54. The summed E-state index contributed by atoms with van der Waals surface area (Å²) in [7, 11) is 1.62. The van der Waals surface area contributed by atoms with E-state index in [4.69, 9.17) is 15.2 Å². The summed E-state index contributed by atoms with van der Waals surface area (Å²) in [6, 6.07) is 5.87. The summed E-state index contributed by atoms with van der Waals surface area (Å²) in [4.78, 5) is 4.21. The first-order valence-electron chi connectivity index (χ1n) is 6.53. The van der Waals surface area contributed by atoms with Crippen molar-refractivity contribution in [3.05, 3.63) is 35.9 Å². The third-order valence-electron chi connectivity index (χ3n) is 2.92. The number of nitrogens with two attached hydrogens (primary N) is 1. The van der Waals surface area contributed by atoms with Crippen LogP contribution in [0.5, 0.6) is 11.5 Å². The first-order chi connectivity index (χ1) is 9.63. The molecule has 0 radical (unpaired) electrons. The van der Waals surface area contributed by atoms with Gasteiger partial charge in [0.2, 0.25) is 0 Å². The zero-order valence-corrected chi connectivity index (χ0v) is 12.0. The first-order valence-corrected chi connectivity index (χ1v) is 6.53. The molecule has 2 aromatic rings. The van der Waals surface area contributed by atoms with Crippen LogP contribution >= 0.6 is 0 Å². The third kappa shape index (κ3) is 3.27. The molecular formula is C14H20N4O2. The Morgan fingerprint density at radius 2 is 2.00 bits per heavy atom. The van der Waals surface area contributed by atoms with Crippen LogP contribution in [0, 0.1) is 0 Å². The normalized spacial score (nSPS) is 10.8. The first kappa shape index (κ1) is 14.3. The van der Waals surface area contributed by atoms with E-state index in [0.29, 0.717) is 18.9 Å². The van der Waals surface area contributed by atoms with Crippen molar-refractivity contribution in [3.8, 4) is 11.5 Å². The van der Waals surface area contributed by atoms with Gasteiger partial charge in [-0.1, -0.05) is 0 Å². The molecule has 6 nitrogen and oxygen atoms in total. The van der Waals surface area contributed by atoms with Crippen LogP contribution in [-0.2, 0) is 13.2 Å². The highest BCUT2D eigenvalue weighted by Crippen LogP contribution is 2.23. The van der Waals surface area contributed by atoms with Crippen LogP contribution in [0.15, 0.2) is 24.5 Å². The number of hydrogen-bond donors (Lipinski definition) is 1. The fourth-order valence-corrected chi connectivity index (χ4v) is 1.91. The van der Waals surface area contributed by atoms with Crippen molar-refractivity contribution >= 4 is 0 Å². The average molecular weight is 276 g/mol. The number of ether oxygens (including phenoxy) is 2. The van der Waals surface area contributed by atoms with Gasteiger partial charge in [-0.25, -0.2) is 9.67 Å². The maximum absolute atomic E-state index is 5.77. The average Bonchev–Trinajstić information content (AvgIpc) is 2.93. The van der Waals surface area contributed by atoms with Crippen LogP contribution in [0.3, 0.4) is 0 Å². The maximum Gasteiger partial charge on any atom is 0.165 e. The highest BCUT2D eigenvalue weighted by Gasteiger charge is 2.09. The molecular weight excluding hydrogens is 256 g/mol. The van der Waals surface area contributed by atoms with E-state index >= 15 is 0 Å². The van der Waals surface area contributed by atoms with Crippen LogP contribution in [-0.4, -0.2) is 21.9 Å². The van der Waals surface area contributed by atoms with Gasteiger partial charge in [0, 0.05) is 18.7 Å². The summed E-state index contributed by atoms with van der Waals surface area (Å²) >= 11 is 0. The van der Waals surface area contributed by atoms with Crippen molar-refractivity contribution in [2.75, 3.05) is 7.11 Å². The number of nitrogens with zero attached hydrogens (tertiary/aromatic N) is 3. The molecule has 1 heterocycles. The Kier molecular flexibility index (Phi) is 4.57. The molecule has 0 bridgehead atoms. The quantitative estimate of drug-likeness (QED) is 0.872. The van der Waals surface area contributed by atoms with E-state index in [9.17, 15) is 0 Å². The lowest BCUT2D eigenvalue weighted by molar-refractivity contribution is 0.280. The number of aromatic nitrogens is 3. The van der Waals surface area contributed by atoms with Gasteiger partial charge < -0.3 is 15.2 Å². The maximum atomic E-state index is 5.77. The van der Waals surface area contributed by atoms with Crippen molar-refractivity contribution in [2.24, 2.45) is 5.73 Å². The van der Waals surface area contributed by atoms with E-state index in [1.54, 1.807) is 7.11 Å². The van der Waals surface area contributed by atoms with Gasteiger partial charge in [0.15, 0.2) is 5.82 Å². The molecule has 0 fully saturated rings. The molecule has 0 saturated carbocycles. The minimum Gasteiger partial charge on any atom is -0.497 e. The summed E-state index contributed by atoms with van der Waals surface area (Å²) < 4.78 is 12.8. The van der Waals surface area contributed by atoms with E-state index in [0.717, 1.165) is 17.1 Å². The minimum atomic E-state index is 0.251. The molecule has 6 heteroatoms. The Morgan fingerprint density at radius 1 is 1.25 bits per heavy atom. The van der Waals surface area contributed by atoms with E-state index in [1.807, 2.05) is 22.9 Å². The molecule has 0 unspecified atom stereocenters. The highest BCUT2D eigenvalue weighted by molar-refractivity contribution is 5.38. The fraction of sp³-hybridized carbons (Fsp3) is 0.429. The second-order valence-corrected chi connectivity index (χ2v) is 4.72. The van der Waals surface area contributed by atoms with Gasteiger partial charge in [-0.15, -0.1) is 0 Å². The van der Waals surface area contributed by atoms with Crippen molar-refractivity contribution in [1.82, 2.24) is 14.8 Å². The van der Waals surface area contributed by atoms with E-state index in [2.05, 4.69) is 23.9 Å². The monoisotopic (exact) mass is 276 g/mol. The van der Waals surface area contributed by atoms with E-state index in [1.165, 1.54) is 6.33 Å². The van der Waals surface area contributed by atoms with E-state index in [-0.39, 0.29) is 6.04 Å². The van der Waals surface area contributed by atoms with Gasteiger partial charge in [-0.2, -0.15) is 5.10 Å². The number of methoxy groups -OCH3 is 1. The molecule has 0 amide bonds. The van der Waals surface area contributed by atoms with Crippen molar-refractivity contribution in [3.63, 3.8) is 0 Å². The minimum absolute atomic E-state index is 0.251. The molecule has 108 valence electrons. The molecule has 2 rings (SSSR count). The van der Waals surface area contributed by atoms with Gasteiger partial charge >= 0.3 is 0 Å². The Morgan fingerprint density at radius 3 is 2.65 bits per heavy atom. The summed E-state index contributed by atoms with van der Waals surface area (Å²) in [5.74, 6) is 2.23. The zero-order chi connectivity index (χ0) is 14.5. The lowest BCUT2D eigenvalue weighted by atomic mass is 10.2. The van der Waals surface area contributed by atoms with Crippen molar-refractivity contribution < 1.29 is 9.47 Å². The van der Waals surface area contributed by atoms with Gasteiger partial charge in [0.1, 0.15) is 24.4 Å². The standard InChI is InChI=1S/C14H20N4O2/c1-10(2)18-14(16-9-17-18)8-20-13-5-11(7-15)4-12(6-13)19-3/h4-6,9-10H,7-8,15H2,1-3H3. The lowest BCUT2D eigenvalue weighted by Crippen LogP contribution is -2.11. The molecule has 0 saturated heterocycles. The van der Waals surface area contributed by atoms with Crippen LogP contribution in [0.4, 0.5) is 0 Å². The molecule has 0 aliphatic heterocycles. The fourth-order valence-electron chi connectivity index (χ4n) is 1.91. The number of rotatable bonds is 6. The Balaban J connectivity index is 2.12. The predicted molar refractivity (Wildman–Crippen MR) is 75.6 cm³/mol. The van der Waals surface area contributed by atoms with E-state index < -0.39 is 0 Å². The molecule has 0 atom stereocenters. The van der Waals surface area contributed by atoms with Crippen molar-refractivity contribution in [1.29, 1.82) is 0 Å². The molecule has 0 spiro atoms. The number of benzene rings is 1. The highest BCUT2D eigenvalue weighted by atomic mass is 16.5. The Hall–Kier alpha value is -2.08. The van der Waals surface area contributed by atoms with Gasteiger partial charge in [-0.05, 0) is 31.5 Å². The predicted octanol–water partition coefficient (Wildman–Crippen LogP) is 1.91. The molecule has 2 N–H and O–H groups in total. The van der Waals surface area contributed by atoms with Gasteiger partial charge in [0.25, 0.3) is 0 Å². The largest absolute Gasteiger partial charge is 0.497 e. The summed E-state index contributed by atoms with van der Waals surface area (Å²) in [6.45, 7) is 4.90. The SMILES string of the molecule is COc1cc(CN)cc(OCc2ncnn2C(C)C)c1. The third-order valence-corrected chi connectivity index (χ3v) is 2.92. The second-order valence-electron chi connectivity index (χ2n) is 4.72. The number of hydrogen-bond acceptors (Lipinski definition) is 5. The second kappa shape index (κ2) is 6.38. The van der Waals surface area contributed by atoms with Crippen LogP contribution in [0.25, 0.3) is 0 Å². The molecule has 0 aliphatic rings. The molecule has 20 heavy (non-hydrogen) atoms. The van der Waals surface area contributed by atoms with Gasteiger partial charge in [0.05, 0.1) is 7.11 Å². The van der Waals surface area contributed by atoms with Crippen LogP contribution < -0.4 is 15.2 Å². The Bertz CT molecular complexity index is 544. The van der Waals surface area contributed by atoms with Crippen LogP contribution in [0.1, 0.15) is 31.3 Å². The lowest BCUT2D eigenvalue weighted by Gasteiger charge is -2.12. The Labute approximate surface area is 118 Å². The topological polar surface area (TPSA) is 75.2 Å². The summed E-state index contributed by atoms with van der Waals surface area (Å²) in [5.41, 5.74) is 6.62. The van der Waals surface area contributed by atoms with Crippen molar-refractivity contribution in [2.45, 2.75) is 33.0 Å².